The van der Waals surface area contributed by atoms with Crippen LogP contribution >= 0.6 is 11.3 Å². The maximum atomic E-state index is 13.6. The highest BCUT2D eigenvalue weighted by molar-refractivity contribution is 7.17. The van der Waals surface area contributed by atoms with Gasteiger partial charge in [0.15, 0.2) is 0 Å². The molecule has 2 aromatic carbocycles. The normalized spacial score (nSPS) is 15.3. The Hall–Kier alpha value is -3.12. The molecule has 0 fully saturated rings. The number of para-hydroxylation sites is 2. The fourth-order valence-corrected chi connectivity index (χ4v) is 5.98. The smallest absolute Gasteiger partial charge is 0.259 e. The second-order valence-electron chi connectivity index (χ2n) is 10.1. The first-order chi connectivity index (χ1) is 16.8. The standard InChI is InChI=1S/C29H34N2O3S/c1-5-34-23-14-10-9-13-22(23)30-27(33)26-21-16-15-20(29(2,3)4)18-24(21)35-28(26)31-25(32)17-19-11-7-6-8-12-19/h6-14,20H,5,15-18H2,1-4H3,(H,30,33)(H,31,32). The van der Waals surface area contributed by atoms with E-state index in [9.17, 15) is 9.59 Å². The number of hydrogen-bond donors (Lipinski definition) is 2. The highest BCUT2D eigenvalue weighted by Gasteiger charge is 2.34. The van der Waals surface area contributed by atoms with Crippen molar-refractivity contribution in [3.63, 3.8) is 0 Å². The zero-order chi connectivity index (χ0) is 25.0. The minimum Gasteiger partial charge on any atom is -0.492 e. The van der Waals surface area contributed by atoms with Crippen LogP contribution in [0, 0.1) is 11.3 Å². The first-order valence-corrected chi connectivity index (χ1v) is 13.1. The highest BCUT2D eigenvalue weighted by Crippen LogP contribution is 2.44. The number of fused-ring (bicyclic) bond motifs is 1. The minimum absolute atomic E-state index is 0.120. The number of benzene rings is 2. The van der Waals surface area contributed by atoms with Gasteiger partial charge in [-0.3, -0.25) is 9.59 Å². The number of anilines is 2. The van der Waals surface area contributed by atoms with Crippen LogP contribution in [0.15, 0.2) is 54.6 Å². The molecule has 184 valence electrons. The molecule has 3 aromatic rings. The van der Waals surface area contributed by atoms with Crippen molar-refractivity contribution < 1.29 is 14.3 Å². The molecular formula is C29H34N2O3S. The number of thiophene rings is 1. The summed E-state index contributed by atoms with van der Waals surface area (Å²) in [4.78, 5) is 27.8. The van der Waals surface area contributed by atoms with Gasteiger partial charge < -0.3 is 15.4 Å². The fraction of sp³-hybridized carbons (Fsp3) is 0.379. The van der Waals surface area contributed by atoms with Gasteiger partial charge in [0.1, 0.15) is 10.8 Å². The van der Waals surface area contributed by atoms with Gasteiger partial charge in [-0.1, -0.05) is 63.2 Å². The van der Waals surface area contributed by atoms with E-state index >= 15 is 0 Å². The molecule has 1 aromatic heterocycles. The van der Waals surface area contributed by atoms with Crippen molar-refractivity contribution in [3.05, 3.63) is 76.2 Å². The monoisotopic (exact) mass is 490 g/mol. The lowest BCUT2D eigenvalue weighted by Crippen LogP contribution is -2.27. The van der Waals surface area contributed by atoms with Gasteiger partial charge in [-0.25, -0.2) is 0 Å². The van der Waals surface area contributed by atoms with E-state index in [-0.39, 0.29) is 23.7 Å². The van der Waals surface area contributed by atoms with Crippen LogP contribution in [0.4, 0.5) is 10.7 Å². The average molecular weight is 491 g/mol. The first kappa shape index (κ1) is 25.0. The molecule has 5 nitrogen and oxygen atoms in total. The number of nitrogens with one attached hydrogen (secondary N) is 2. The van der Waals surface area contributed by atoms with E-state index in [1.807, 2.05) is 61.5 Å². The molecule has 1 heterocycles. The number of hydrogen-bond acceptors (Lipinski definition) is 4. The second kappa shape index (κ2) is 10.6. The molecule has 2 N–H and O–H groups in total. The molecular weight excluding hydrogens is 456 g/mol. The Kier molecular flexibility index (Phi) is 7.60. The van der Waals surface area contributed by atoms with Crippen molar-refractivity contribution in [3.8, 4) is 5.75 Å². The van der Waals surface area contributed by atoms with Crippen LogP contribution < -0.4 is 15.4 Å². The number of amides is 2. The van der Waals surface area contributed by atoms with E-state index in [4.69, 9.17) is 4.74 Å². The zero-order valence-corrected chi connectivity index (χ0v) is 21.8. The molecule has 1 unspecified atom stereocenters. The summed E-state index contributed by atoms with van der Waals surface area (Å²) in [7, 11) is 0. The van der Waals surface area contributed by atoms with Gasteiger partial charge in [0.2, 0.25) is 5.91 Å². The van der Waals surface area contributed by atoms with Gasteiger partial charge in [0.25, 0.3) is 5.91 Å². The predicted octanol–water partition coefficient (Wildman–Crippen LogP) is 6.73. The third-order valence-electron chi connectivity index (χ3n) is 6.61. The summed E-state index contributed by atoms with van der Waals surface area (Å²) in [5.74, 6) is 0.843. The van der Waals surface area contributed by atoms with E-state index < -0.39 is 0 Å². The largest absolute Gasteiger partial charge is 0.492 e. The van der Waals surface area contributed by atoms with E-state index in [1.165, 1.54) is 4.88 Å². The summed E-state index contributed by atoms with van der Waals surface area (Å²) in [5.41, 5.74) is 3.42. The van der Waals surface area contributed by atoms with Crippen molar-refractivity contribution in [1.29, 1.82) is 0 Å². The Morgan fingerprint density at radius 3 is 2.46 bits per heavy atom. The number of rotatable bonds is 7. The van der Waals surface area contributed by atoms with Crippen molar-refractivity contribution in [2.24, 2.45) is 11.3 Å². The molecule has 0 spiro atoms. The number of carbonyl (C=O) groups excluding carboxylic acids is 2. The Morgan fingerprint density at radius 2 is 1.74 bits per heavy atom. The maximum Gasteiger partial charge on any atom is 0.259 e. The maximum absolute atomic E-state index is 13.6. The highest BCUT2D eigenvalue weighted by atomic mass is 32.1. The Morgan fingerprint density at radius 1 is 1.03 bits per heavy atom. The third kappa shape index (κ3) is 5.93. The Balaban J connectivity index is 1.64. The molecule has 35 heavy (non-hydrogen) atoms. The van der Waals surface area contributed by atoms with Gasteiger partial charge >= 0.3 is 0 Å². The van der Waals surface area contributed by atoms with Gasteiger partial charge in [-0.15, -0.1) is 11.3 Å². The van der Waals surface area contributed by atoms with E-state index in [2.05, 4.69) is 31.4 Å². The summed E-state index contributed by atoms with van der Waals surface area (Å²) in [6.07, 6.45) is 3.05. The zero-order valence-electron chi connectivity index (χ0n) is 20.9. The van der Waals surface area contributed by atoms with Crippen LogP contribution in [0.25, 0.3) is 0 Å². The van der Waals surface area contributed by atoms with Crippen molar-refractivity contribution in [2.45, 2.75) is 53.4 Å². The molecule has 2 amide bonds. The molecule has 0 radical (unpaired) electrons. The van der Waals surface area contributed by atoms with Crippen LogP contribution in [0.1, 0.15) is 60.5 Å². The summed E-state index contributed by atoms with van der Waals surface area (Å²) < 4.78 is 5.70. The van der Waals surface area contributed by atoms with E-state index in [1.54, 1.807) is 11.3 Å². The topological polar surface area (TPSA) is 67.4 Å². The van der Waals surface area contributed by atoms with Crippen LogP contribution in [0.3, 0.4) is 0 Å². The summed E-state index contributed by atoms with van der Waals surface area (Å²) in [6.45, 7) is 9.25. The van der Waals surface area contributed by atoms with Crippen LogP contribution in [-0.2, 0) is 24.1 Å². The van der Waals surface area contributed by atoms with Crippen molar-refractivity contribution >= 4 is 33.8 Å². The summed E-state index contributed by atoms with van der Waals surface area (Å²) in [5, 5.41) is 6.74. The molecule has 0 saturated carbocycles. The van der Waals surface area contributed by atoms with Crippen molar-refractivity contribution in [1.82, 2.24) is 0 Å². The quantitative estimate of drug-likeness (QED) is 0.386. The number of ether oxygens (including phenoxy) is 1. The van der Waals surface area contributed by atoms with Gasteiger partial charge in [-0.05, 0) is 60.8 Å². The van der Waals surface area contributed by atoms with Crippen LogP contribution in [0.2, 0.25) is 0 Å². The summed E-state index contributed by atoms with van der Waals surface area (Å²) >= 11 is 1.55. The number of carbonyl (C=O) groups is 2. The van der Waals surface area contributed by atoms with Gasteiger partial charge in [-0.2, -0.15) is 0 Å². The molecule has 0 bridgehead atoms. The first-order valence-electron chi connectivity index (χ1n) is 12.3. The fourth-order valence-electron chi connectivity index (χ4n) is 4.64. The van der Waals surface area contributed by atoms with Gasteiger partial charge in [0.05, 0.1) is 24.3 Å². The van der Waals surface area contributed by atoms with E-state index in [0.717, 1.165) is 30.4 Å². The lowest BCUT2D eigenvalue weighted by molar-refractivity contribution is -0.115. The molecule has 1 aliphatic carbocycles. The molecule has 0 saturated heterocycles. The second-order valence-corrected chi connectivity index (χ2v) is 11.2. The Labute approximate surface area is 211 Å². The third-order valence-corrected chi connectivity index (χ3v) is 7.78. The molecule has 4 rings (SSSR count). The Bertz CT molecular complexity index is 1190. The molecule has 1 aliphatic rings. The van der Waals surface area contributed by atoms with Crippen LogP contribution in [0.5, 0.6) is 5.75 Å². The predicted molar refractivity (Wildman–Crippen MR) is 144 cm³/mol. The van der Waals surface area contributed by atoms with Crippen LogP contribution in [-0.4, -0.2) is 18.4 Å². The molecule has 6 heteroatoms. The van der Waals surface area contributed by atoms with Crippen molar-refractivity contribution in [2.75, 3.05) is 17.2 Å². The SMILES string of the molecule is CCOc1ccccc1NC(=O)c1c(NC(=O)Cc2ccccc2)sc2c1CCC(C(C)(C)C)C2. The molecule has 1 atom stereocenters. The summed E-state index contributed by atoms with van der Waals surface area (Å²) in [6, 6.07) is 17.1. The molecule has 0 aliphatic heterocycles. The van der Waals surface area contributed by atoms with Gasteiger partial charge in [0, 0.05) is 4.88 Å². The lowest BCUT2D eigenvalue weighted by atomic mass is 9.72. The lowest BCUT2D eigenvalue weighted by Gasteiger charge is -2.33. The minimum atomic E-state index is -0.209. The van der Waals surface area contributed by atoms with E-state index in [0.29, 0.717) is 34.5 Å². The average Bonchev–Trinajstić information content (AvgIpc) is 3.17.